The Hall–Kier alpha value is -3.80. The SMILES string of the molecule is CCOC(=O)C(Cc1ccccc1)(N=Cc1ccccc1)c1ccccc1[N+](=O)[O-]. The number of para-hydroxylation sites is 1. The molecule has 152 valence electrons. The molecule has 0 aliphatic heterocycles. The summed E-state index contributed by atoms with van der Waals surface area (Å²) in [7, 11) is 0. The molecule has 3 aromatic rings. The molecule has 0 aliphatic rings. The summed E-state index contributed by atoms with van der Waals surface area (Å²) in [6.07, 6.45) is 1.69. The van der Waals surface area contributed by atoms with E-state index in [1.54, 1.807) is 31.3 Å². The van der Waals surface area contributed by atoms with Crippen molar-refractivity contribution >= 4 is 17.9 Å². The van der Waals surface area contributed by atoms with Crippen LogP contribution in [0.1, 0.15) is 23.6 Å². The zero-order chi connectivity index (χ0) is 21.4. The van der Waals surface area contributed by atoms with Gasteiger partial charge in [-0.2, -0.15) is 0 Å². The van der Waals surface area contributed by atoms with Crippen LogP contribution >= 0.6 is 0 Å². The van der Waals surface area contributed by atoms with Crippen LogP contribution in [0.5, 0.6) is 0 Å². The fraction of sp³-hybridized carbons (Fsp3) is 0.167. The van der Waals surface area contributed by atoms with Gasteiger partial charge in [0.25, 0.3) is 5.69 Å². The molecule has 30 heavy (non-hydrogen) atoms. The molecule has 0 fully saturated rings. The van der Waals surface area contributed by atoms with Gasteiger partial charge in [0.2, 0.25) is 0 Å². The average Bonchev–Trinajstić information content (AvgIpc) is 2.78. The Kier molecular flexibility index (Phi) is 6.70. The maximum Gasteiger partial charge on any atom is 0.339 e. The van der Waals surface area contributed by atoms with Gasteiger partial charge in [-0.25, -0.2) is 4.79 Å². The molecule has 0 N–H and O–H groups in total. The summed E-state index contributed by atoms with van der Waals surface area (Å²) >= 11 is 0. The number of hydrogen-bond acceptors (Lipinski definition) is 5. The minimum atomic E-state index is -1.60. The zero-order valence-corrected chi connectivity index (χ0v) is 16.6. The highest BCUT2D eigenvalue weighted by Gasteiger charge is 2.45. The lowest BCUT2D eigenvalue weighted by Crippen LogP contribution is -2.39. The number of nitrogens with zero attached hydrogens (tertiary/aromatic N) is 2. The van der Waals surface area contributed by atoms with Crippen LogP contribution in [0.15, 0.2) is 89.9 Å². The quantitative estimate of drug-likeness (QED) is 0.236. The Bertz CT molecular complexity index is 1040. The number of benzene rings is 3. The molecular formula is C24H22N2O4. The maximum absolute atomic E-state index is 13.3. The van der Waals surface area contributed by atoms with Crippen LogP contribution in [0.4, 0.5) is 5.69 Å². The van der Waals surface area contributed by atoms with Crippen molar-refractivity contribution in [3.8, 4) is 0 Å². The van der Waals surface area contributed by atoms with E-state index in [-0.39, 0.29) is 24.3 Å². The molecule has 0 saturated carbocycles. The topological polar surface area (TPSA) is 81.8 Å². The Balaban J connectivity index is 2.24. The number of nitro groups is 1. The van der Waals surface area contributed by atoms with Gasteiger partial charge in [-0.3, -0.25) is 15.1 Å². The summed E-state index contributed by atoms with van der Waals surface area (Å²) in [5.74, 6) is -0.629. The zero-order valence-electron chi connectivity index (χ0n) is 16.6. The molecule has 6 nitrogen and oxygen atoms in total. The summed E-state index contributed by atoms with van der Waals surface area (Å²) in [4.78, 5) is 29.2. The number of hydrogen-bond donors (Lipinski definition) is 0. The van der Waals surface area contributed by atoms with Crippen molar-refractivity contribution in [3.05, 3.63) is 112 Å². The molecule has 0 bridgehead atoms. The normalized spacial score (nSPS) is 13.0. The van der Waals surface area contributed by atoms with Crippen LogP contribution in [0.25, 0.3) is 0 Å². The molecule has 0 saturated heterocycles. The number of carbonyl (C=O) groups is 1. The van der Waals surface area contributed by atoms with Gasteiger partial charge >= 0.3 is 5.97 Å². The number of aliphatic imine (C=N–C) groups is 1. The van der Waals surface area contributed by atoms with E-state index in [0.717, 1.165) is 11.1 Å². The number of rotatable bonds is 8. The largest absolute Gasteiger partial charge is 0.464 e. The van der Waals surface area contributed by atoms with Crippen molar-refractivity contribution in [1.82, 2.24) is 0 Å². The third-order valence-corrected chi connectivity index (χ3v) is 4.70. The standard InChI is InChI=1S/C24H22N2O4/c1-2-30-23(27)24(17-19-11-5-3-6-12-19,25-18-20-13-7-4-8-14-20)21-15-9-10-16-22(21)26(28)29/h3-16,18H,2,17H2,1H3. The summed E-state index contributed by atoms with van der Waals surface area (Å²) < 4.78 is 5.38. The third-order valence-electron chi connectivity index (χ3n) is 4.70. The molecular weight excluding hydrogens is 380 g/mol. The van der Waals surface area contributed by atoms with Gasteiger partial charge in [-0.15, -0.1) is 0 Å². The first-order chi connectivity index (χ1) is 14.6. The molecule has 1 atom stereocenters. The molecule has 3 aromatic carbocycles. The number of carbonyl (C=O) groups excluding carboxylic acids is 1. The molecule has 6 heteroatoms. The monoisotopic (exact) mass is 402 g/mol. The lowest BCUT2D eigenvalue weighted by Gasteiger charge is -2.28. The Morgan fingerprint density at radius 2 is 1.60 bits per heavy atom. The van der Waals surface area contributed by atoms with E-state index in [2.05, 4.69) is 4.99 Å². The van der Waals surface area contributed by atoms with E-state index in [0.29, 0.717) is 0 Å². The molecule has 0 amide bonds. The minimum Gasteiger partial charge on any atom is -0.464 e. The van der Waals surface area contributed by atoms with E-state index in [1.165, 1.54) is 6.07 Å². The highest BCUT2D eigenvalue weighted by molar-refractivity contribution is 5.89. The van der Waals surface area contributed by atoms with Crippen molar-refractivity contribution in [2.24, 2.45) is 4.99 Å². The van der Waals surface area contributed by atoms with Gasteiger partial charge < -0.3 is 4.74 Å². The molecule has 0 aliphatic carbocycles. The van der Waals surface area contributed by atoms with E-state index < -0.39 is 16.4 Å². The summed E-state index contributed by atoms with van der Waals surface area (Å²) in [6, 6.07) is 24.8. The van der Waals surface area contributed by atoms with Crippen LogP contribution in [0, 0.1) is 10.1 Å². The van der Waals surface area contributed by atoms with Crippen LogP contribution in [-0.2, 0) is 21.5 Å². The van der Waals surface area contributed by atoms with Gasteiger partial charge in [0.1, 0.15) is 0 Å². The second-order valence-electron chi connectivity index (χ2n) is 6.69. The Morgan fingerprint density at radius 1 is 1.00 bits per heavy atom. The predicted octanol–water partition coefficient (Wildman–Crippen LogP) is 4.72. The lowest BCUT2D eigenvalue weighted by molar-refractivity contribution is -0.386. The fourth-order valence-electron chi connectivity index (χ4n) is 3.29. The molecule has 0 radical (unpaired) electrons. The van der Waals surface area contributed by atoms with Gasteiger partial charge in [0.15, 0.2) is 5.54 Å². The first-order valence-electron chi connectivity index (χ1n) is 9.62. The Labute approximate surface area is 175 Å². The average molecular weight is 402 g/mol. The summed E-state index contributed by atoms with van der Waals surface area (Å²) in [5.41, 5.74) is 0.0135. The first-order valence-corrected chi connectivity index (χ1v) is 9.62. The smallest absolute Gasteiger partial charge is 0.339 e. The van der Waals surface area contributed by atoms with Crippen LogP contribution < -0.4 is 0 Å². The fourth-order valence-corrected chi connectivity index (χ4v) is 3.29. The van der Waals surface area contributed by atoms with Gasteiger partial charge in [0.05, 0.1) is 17.1 Å². The predicted molar refractivity (Wildman–Crippen MR) is 116 cm³/mol. The van der Waals surface area contributed by atoms with E-state index >= 15 is 0 Å². The molecule has 3 rings (SSSR count). The van der Waals surface area contributed by atoms with Gasteiger partial charge in [0, 0.05) is 18.7 Å². The highest BCUT2D eigenvalue weighted by Crippen LogP contribution is 2.37. The highest BCUT2D eigenvalue weighted by atomic mass is 16.6. The minimum absolute atomic E-state index is 0.126. The van der Waals surface area contributed by atoms with E-state index in [9.17, 15) is 14.9 Å². The van der Waals surface area contributed by atoms with Crippen LogP contribution in [0.3, 0.4) is 0 Å². The van der Waals surface area contributed by atoms with Crippen molar-refractivity contribution < 1.29 is 14.5 Å². The second-order valence-corrected chi connectivity index (χ2v) is 6.69. The van der Waals surface area contributed by atoms with Crippen molar-refractivity contribution in [2.75, 3.05) is 6.61 Å². The molecule has 1 unspecified atom stereocenters. The van der Waals surface area contributed by atoms with Crippen LogP contribution in [-0.4, -0.2) is 23.7 Å². The number of nitro benzene ring substituents is 1. The number of ether oxygens (including phenoxy) is 1. The Morgan fingerprint density at radius 3 is 2.23 bits per heavy atom. The van der Waals surface area contributed by atoms with E-state index in [1.807, 2.05) is 60.7 Å². The molecule has 0 spiro atoms. The second kappa shape index (κ2) is 9.60. The van der Waals surface area contributed by atoms with Gasteiger partial charge in [-0.1, -0.05) is 72.8 Å². The molecule has 0 heterocycles. The van der Waals surface area contributed by atoms with Gasteiger partial charge in [-0.05, 0) is 24.1 Å². The third kappa shape index (κ3) is 4.60. The first kappa shape index (κ1) is 20.9. The van der Waals surface area contributed by atoms with Crippen molar-refractivity contribution in [2.45, 2.75) is 18.9 Å². The van der Waals surface area contributed by atoms with Crippen LogP contribution in [0.2, 0.25) is 0 Å². The maximum atomic E-state index is 13.3. The lowest BCUT2D eigenvalue weighted by atomic mass is 9.83. The summed E-state index contributed by atoms with van der Waals surface area (Å²) in [5, 5.41) is 11.8. The molecule has 0 aromatic heterocycles. The van der Waals surface area contributed by atoms with E-state index in [4.69, 9.17) is 4.74 Å². The summed E-state index contributed by atoms with van der Waals surface area (Å²) in [6.45, 7) is 1.84. The van der Waals surface area contributed by atoms with Crippen molar-refractivity contribution in [3.63, 3.8) is 0 Å². The number of esters is 1. The van der Waals surface area contributed by atoms with Crippen molar-refractivity contribution in [1.29, 1.82) is 0 Å².